The number of hydrogen-bond acceptors (Lipinski definition) is 5. The van der Waals surface area contributed by atoms with E-state index in [0.717, 1.165) is 22.3 Å². The molecule has 1 heterocycles. The molecule has 0 unspecified atom stereocenters. The van der Waals surface area contributed by atoms with E-state index in [4.69, 9.17) is 4.74 Å². The minimum atomic E-state index is -0.515. The van der Waals surface area contributed by atoms with Crippen LogP contribution in [-0.4, -0.2) is 23.8 Å². The Bertz CT molecular complexity index is 1380. The molecule has 1 aliphatic heterocycles. The fraction of sp³-hybridized carbons (Fsp3) is 0.185. The van der Waals surface area contributed by atoms with E-state index in [1.807, 2.05) is 51.1 Å². The molecule has 35 heavy (non-hydrogen) atoms. The smallest absolute Gasteiger partial charge is 0.269 e. The van der Waals surface area contributed by atoms with Crippen LogP contribution in [-0.2, 0) is 4.79 Å². The van der Waals surface area contributed by atoms with E-state index in [1.165, 1.54) is 24.3 Å². The molecule has 0 bridgehead atoms. The lowest BCUT2D eigenvalue weighted by molar-refractivity contribution is -0.384. The summed E-state index contributed by atoms with van der Waals surface area (Å²) in [7, 11) is 1.60. The van der Waals surface area contributed by atoms with Gasteiger partial charge in [-0.3, -0.25) is 24.6 Å². The first-order chi connectivity index (χ1) is 16.6. The molecule has 1 fully saturated rings. The van der Waals surface area contributed by atoms with Gasteiger partial charge in [-0.2, -0.15) is 0 Å². The van der Waals surface area contributed by atoms with E-state index >= 15 is 0 Å². The number of nitro benzene ring substituents is 1. The molecule has 1 saturated heterocycles. The van der Waals surface area contributed by atoms with Crippen molar-refractivity contribution in [2.75, 3.05) is 17.3 Å². The molecule has 0 aliphatic carbocycles. The summed E-state index contributed by atoms with van der Waals surface area (Å²) in [4.78, 5) is 37.6. The van der Waals surface area contributed by atoms with Crippen molar-refractivity contribution in [2.45, 2.75) is 26.8 Å². The normalized spacial score (nSPS) is 15.0. The van der Waals surface area contributed by atoms with Crippen LogP contribution in [0.4, 0.5) is 17.1 Å². The number of aryl methyl sites for hydroxylation is 2. The van der Waals surface area contributed by atoms with E-state index in [0.29, 0.717) is 28.3 Å². The number of non-ortho nitro benzene ring substituents is 1. The summed E-state index contributed by atoms with van der Waals surface area (Å²) in [5.74, 6) is 0.140. The number of β-lactam (4-membered cyclic amide) rings is 1. The Morgan fingerprint density at radius 2 is 1.74 bits per heavy atom. The lowest BCUT2D eigenvalue weighted by Gasteiger charge is -2.43. The zero-order valence-corrected chi connectivity index (χ0v) is 19.9. The molecular formula is C27H25N3O5. The van der Waals surface area contributed by atoms with Gasteiger partial charge in [-0.15, -0.1) is 0 Å². The number of nitrogens with one attached hydrogen (secondary N) is 1. The van der Waals surface area contributed by atoms with Crippen molar-refractivity contribution < 1.29 is 19.2 Å². The molecule has 0 spiro atoms. The fourth-order valence-corrected chi connectivity index (χ4v) is 4.13. The molecule has 4 rings (SSSR count). The maximum Gasteiger partial charge on any atom is 0.269 e. The van der Waals surface area contributed by atoms with Gasteiger partial charge in [0.1, 0.15) is 5.75 Å². The molecule has 8 nitrogen and oxygen atoms in total. The van der Waals surface area contributed by atoms with Gasteiger partial charge in [0.2, 0.25) is 0 Å². The second-order valence-electron chi connectivity index (χ2n) is 8.53. The third kappa shape index (κ3) is 4.26. The standard InChI is InChI=1S/C27H25N3O5/c1-15-6-7-20(13-23(15)28-26(31)19-8-10-21(11-9-19)30(33)34)25-18(4)27(32)29(25)22-12-16(2)17(3)24(14-22)35-5/h6-14,25H,4H2,1-3,5H3,(H,28,31)/t25-/m1/s1. The lowest BCUT2D eigenvalue weighted by atomic mass is 9.87. The number of anilines is 2. The number of nitrogens with zero attached hydrogens (tertiary/aromatic N) is 2. The van der Waals surface area contributed by atoms with Gasteiger partial charge >= 0.3 is 0 Å². The number of nitro groups is 1. The van der Waals surface area contributed by atoms with Gasteiger partial charge in [0.15, 0.2) is 0 Å². The highest BCUT2D eigenvalue weighted by Crippen LogP contribution is 2.44. The fourth-order valence-electron chi connectivity index (χ4n) is 4.13. The van der Waals surface area contributed by atoms with Gasteiger partial charge in [-0.25, -0.2) is 0 Å². The van der Waals surface area contributed by atoms with Crippen LogP contribution in [0.25, 0.3) is 0 Å². The zero-order valence-electron chi connectivity index (χ0n) is 19.9. The first kappa shape index (κ1) is 23.7. The Morgan fingerprint density at radius 3 is 2.37 bits per heavy atom. The van der Waals surface area contributed by atoms with Crippen molar-refractivity contribution in [2.24, 2.45) is 0 Å². The molecule has 0 radical (unpaired) electrons. The largest absolute Gasteiger partial charge is 0.496 e. The number of benzene rings is 3. The molecule has 178 valence electrons. The minimum Gasteiger partial charge on any atom is -0.496 e. The van der Waals surface area contributed by atoms with E-state index in [-0.39, 0.29) is 23.5 Å². The first-order valence-electron chi connectivity index (χ1n) is 11.0. The summed E-state index contributed by atoms with van der Waals surface area (Å²) >= 11 is 0. The number of methoxy groups -OCH3 is 1. The van der Waals surface area contributed by atoms with Gasteiger partial charge in [-0.05, 0) is 67.3 Å². The Kier molecular flexibility index (Phi) is 6.13. The zero-order chi connectivity index (χ0) is 25.4. The predicted molar refractivity (Wildman–Crippen MR) is 134 cm³/mol. The molecule has 1 atom stereocenters. The summed E-state index contributed by atoms with van der Waals surface area (Å²) in [6, 6.07) is 14.4. The summed E-state index contributed by atoms with van der Waals surface area (Å²) in [5, 5.41) is 13.7. The van der Waals surface area contributed by atoms with Crippen LogP contribution in [0.2, 0.25) is 0 Å². The summed E-state index contributed by atoms with van der Waals surface area (Å²) < 4.78 is 5.48. The molecule has 3 aromatic carbocycles. The lowest BCUT2D eigenvalue weighted by Crippen LogP contribution is -2.49. The van der Waals surface area contributed by atoms with Gasteiger partial charge < -0.3 is 10.1 Å². The highest BCUT2D eigenvalue weighted by Gasteiger charge is 2.43. The SMILES string of the molecule is C=C1C(=O)N(c2cc(C)c(C)c(OC)c2)[C@H]1c1ccc(C)c(NC(=O)c2ccc([N+](=O)[O-])cc2)c1. The van der Waals surface area contributed by atoms with Gasteiger partial charge in [0.05, 0.1) is 18.1 Å². The van der Waals surface area contributed by atoms with Crippen molar-refractivity contribution in [3.63, 3.8) is 0 Å². The highest BCUT2D eigenvalue weighted by atomic mass is 16.6. The quantitative estimate of drug-likeness (QED) is 0.224. The first-order valence-corrected chi connectivity index (χ1v) is 11.0. The maximum absolute atomic E-state index is 12.8. The average molecular weight is 472 g/mol. The minimum absolute atomic E-state index is 0.0871. The summed E-state index contributed by atoms with van der Waals surface area (Å²) in [6.45, 7) is 9.77. The van der Waals surface area contributed by atoms with Crippen LogP contribution < -0.4 is 15.0 Å². The van der Waals surface area contributed by atoms with Crippen molar-refractivity contribution in [1.82, 2.24) is 0 Å². The van der Waals surface area contributed by atoms with Gasteiger partial charge in [0, 0.05) is 40.7 Å². The maximum atomic E-state index is 12.8. The van der Waals surface area contributed by atoms with Gasteiger partial charge in [-0.1, -0.05) is 18.7 Å². The van der Waals surface area contributed by atoms with Crippen molar-refractivity contribution in [3.8, 4) is 5.75 Å². The molecule has 1 aliphatic rings. The topological polar surface area (TPSA) is 102 Å². The van der Waals surface area contributed by atoms with Gasteiger partial charge in [0.25, 0.3) is 17.5 Å². The Balaban J connectivity index is 1.64. The number of rotatable bonds is 6. The van der Waals surface area contributed by atoms with Crippen LogP contribution in [0.15, 0.2) is 66.7 Å². The third-order valence-corrected chi connectivity index (χ3v) is 6.35. The highest BCUT2D eigenvalue weighted by molar-refractivity contribution is 6.15. The monoisotopic (exact) mass is 471 g/mol. The van der Waals surface area contributed by atoms with E-state index in [9.17, 15) is 19.7 Å². The van der Waals surface area contributed by atoms with Crippen LogP contribution in [0.5, 0.6) is 5.75 Å². The molecule has 0 saturated carbocycles. The Labute approximate surface area is 203 Å². The number of amides is 2. The molecule has 2 amide bonds. The van der Waals surface area contributed by atoms with Crippen LogP contribution in [0.1, 0.15) is 38.7 Å². The van der Waals surface area contributed by atoms with E-state index < -0.39 is 4.92 Å². The number of carbonyl (C=O) groups excluding carboxylic acids is 2. The second-order valence-corrected chi connectivity index (χ2v) is 8.53. The molecule has 3 aromatic rings. The number of ether oxygens (including phenoxy) is 1. The average Bonchev–Trinajstić information content (AvgIpc) is 2.85. The second kappa shape index (κ2) is 9.06. The van der Waals surface area contributed by atoms with Crippen LogP contribution in [0, 0.1) is 30.9 Å². The molecule has 1 N–H and O–H groups in total. The predicted octanol–water partition coefficient (Wildman–Crippen LogP) is 5.43. The summed E-state index contributed by atoms with van der Waals surface area (Å²) in [6.07, 6.45) is 0. The van der Waals surface area contributed by atoms with Crippen molar-refractivity contribution in [1.29, 1.82) is 0 Å². The molecular weight excluding hydrogens is 446 g/mol. The van der Waals surface area contributed by atoms with Crippen molar-refractivity contribution in [3.05, 3.63) is 105 Å². The van der Waals surface area contributed by atoms with E-state index in [1.54, 1.807) is 12.0 Å². The number of hydrogen-bond donors (Lipinski definition) is 1. The molecule has 8 heteroatoms. The van der Waals surface area contributed by atoms with Crippen LogP contribution in [0.3, 0.4) is 0 Å². The summed E-state index contributed by atoms with van der Waals surface area (Å²) in [5.41, 5.74) is 5.60. The van der Waals surface area contributed by atoms with E-state index in [2.05, 4.69) is 11.9 Å². The molecule has 0 aromatic heterocycles. The Morgan fingerprint density at radius 1 is 1.06 bits per heavy atom. The van der Waals surface area contributed by atoms with Crippen LogP contribution >= 0.6 is 0 Å². The number of carbonyl (C=O) groups is 2. The van der Waals surface area contributed by atoms with Crippen molar-refractivity contribution >= 4 is 28.9 Å². The third-order valence-electron chi connectivity index (χ3n) is 6.35. The Hall–Kier alpha value is -4.46.